The molecule has 0 spiro atoms. The van der Waals surface area contributed by atoms with Crippen LogP contribution in [0.25, 0.3) is 0 Å². The molecule has 1 heterocycles. The molecule has 0 saturated heterocycles. The van der Waals surface area contributed by atoms with Gasteiger partial charge in [-0.1, -0.05) is 0 Å². The van der Waals surface area contributed by atoms with E-state index in [1.165, 1.54) is 24.1 Å². The van der Waals surface area contributed by atoms with Gasteiger partial charge in [0.15, 0.2) is 17.3 Å². The predicted molar refractivity (Wildman–Crippen MR) is 77.3 cm³/mol. The lowest BCUT2D eigenvalue weighted by Gasteiger charge is -2.21. The van der Waals surface area contributed by atoms with Crippen LogP contribution in [-0.2, 0) is 6.42 Å². The Balaban J connectivity index is 1.94. The van der Waals surface area contributed by atoms with E-state index < -0.39 is 5.82 Å². The Bertz CT molecular complexity index is 648. The highest BCUT2D eigenvalue weighted by Crippen LogP contribution is 2.37. The minimum absolute atomic E-state index is 0.0580. The largest absolute Gasteiger partial charge is 0.494 e. The van der Waals surface area contributed by atoms with E-state index in [2.05, 4.69) is 0 Å². The number of carbonyl (C=O) groups is 1. The lowest BCUT2D eigenvalue weighted by atomic mass is 9.82. The summed E-state index contributed by atoms with van der Waals surface area (Å²) in [4.78, 5) is 14.0. The maximum absolute atomic E-state index is 13.4. The van der Waals surface area contributed by atoms with Crippen LogP contribution in [0.4, 0.5) is 4.39 Å². The van der Waals surface area contributed by atoms with Gasteiger partial charge in [0, 0.05) is 16.4 Å². The zero-order valence-electron chi connectivity index (χ0n) is 11.2. The number of benzene rings is 1. The lowest BCUT2D eigenvalue weighted by Crippen LogP contribution is -2.17. The molecule has 1 aliphatic rings. The van der Waals surface area contributed by atoms with Gasteiger partial charge in [0.25, 0.3) is 0 Å². The van der Waals surface area contributed by atoms with Crippen LogP contribution in [0, 0.1) is 5.82 Å². The van der Waals surface area contributed by atoms with Gasteiger partial charge in [-0.25, -0.2) is 4.39 Å². The number of aryl methyl sites for hydroxylation is 1. The highest BCUT2D eigenvalue weighted by molar-refractivity contribution is 7.10. The summed E-state index contributed by atoms with van der Waals surface area (Å²) >= 11 is 1.71. The number of methoxy groups -OCH3 is 1. The number of hydrogen-bond acceptors (Lipinski definition) is 3. The summed E-state index contributed by atoms with van der Waals surface area (Å²) in [5.74, 6) is -0.357. The van der Waals surface area contributed by atoms with Gasteiger partial charge in [-0.15, -0.1) is 11.3 Å². The van der Waals surface area contributed by atoms with Crippen LogP contribution in [0.3, 0.4) is 0 Å². The summed E-state index contributed by atoms with van der Waals surface area (Å²) in [7, 11) is 1.41. The topological polar surface area (TPSA) is 26.3 Å². The predicted octanol–water partition coefficient (Wildman–Crippen LogP) is 4.20. The number of carbonyl (C=O) groups excluding carboxylic acids is 1. The van der Waals surface area contributed by atoms with Gasteiger partial charge < -0.3 is 4.74 Å². The number of thiophene rings is 1. The van der Waals surface area contributed by atoms with Crippen LogP contribution < -0.4 is 4.74 Å². The maximum atomic E-state index is 13.4. The van der Waals surface area contributed by atoms with E-state index in [9.17, 15) is 9.18 Å². The smallest absolute Gasteiger partial charge is 0.170 e. The van der Waals surface area contributed by atoms with Gasteiger partial charge in [-0.3, -0.25) is 4.79 Å². The van der Waals surface area contributed by atoms with E-state index >= 15 is 0 Å². The second kappa shape index (κ2) is 5.37. The fourth-order valence-electron chi connectivity index (χ4n) is 2.77. The fraction of sp³-hybridized carbons (Fsp3) is 0.312. The molecule has 4 heteroatoms. The van der Waals surface area contributed by atoms with Gasteiger partial charge in [0.1, 0.15) is 0 Å². The van der Waals surface area contributed by atoms with Crippen LogP contribution in [0.15, 0.2) is 29.6 Å². The number of Topliss-reactive ketones (excluding diaryl/α,β-unsaturated/α-hetero) is 1. The molecular weight excluding hydrogens is 275 g/mol. The second-order valence-electron chi connectivity index (χ2n) is 4.96. The van der Waals surface area contributed by atoms with Crippen molar-refractivity contribution in [3.8, 4) is 5.75 Å². The highest BCUT2D eigenvalue weighted by Gasteiger charge is 2.28. The van der Waals surface area contributed by atoms with Crippen molar-refractivity contribution in [1.82, 2.24) is 0 Å². The molecule has 0 radical (unpaired) electrons. The SMILES string of the molecule is COc1cc(C(=O)C2CCCc3sccc32)ccc1F. The summed E-state index contributed by atoms with van der Waals surface area (Å²) < 4.78 is 18.4. The van der Waals surface area contributed by atoms with Crippen molar-refractivity contribution in [1.29, 1.82) is 0 Å². The molecule has 0 fully saturated rings. The summed E-state index contributed by atoms with van der Waals surface area (Å²) in [6.45, 7) is 0. The van der Waals surface area contributed by atoms with Gasteiger partial charge in [0.2, 0.25) is 0 Å². The van der Waals surface area contributed by atoms with Crippen LogP contribution in [0.5, 0.6) is 5.75 Å². The van der Waals surface area contributed by atoms with Crippen molar-refractivity contribution in [2.75, 3.05) is 7.11 Å². The summed E-state index contributed by atoms with van der Waals surface area (Å²) in [6.07, 6.45) is 2.95. The van der Waals surface area contributed by atoms with Gasteiger partial charge in [-0.2, -0.15) is 0 Å². The normalized spacial score (nSPS) is 17.6. The summed E-state index contributed by atoms with van der Waals surface area (Å²) in [5.41, 5.74) is 1.67. The Hall–Kier alpha value is -1.68. The molecule has 1 aliphatic carbocycles. The number of ketones is 1. The first-order valence-corrected chi connectivity index (χ1v) is 7.52. The fourth-order valence-corrected chi connectivity index (χ4v) is 3.76. The molecule has 1 aromatic carbocycles. The van der Waals surface area contributed by atoms with Crippen LogP contribution in [-0.4, -0.2) is 12.9 Å². The molecule has 1 unspecified atom stereocenters. The van der Waals surface area contributed by atoms with Crippen molar-refractivity contribution >= 4 is 17.1 Å². The molecule has 0 N–H and O–H groups in total. The van der Waals surface area contributed by atoms with Gasteiger partial charge >= 0.3 is 0 Å². The average Bonchev–Trinajstić information content (AvgIpc) is 2.95. The molecule has 3 rings (SSSR count). The zero-order valence-corrected chi connectivity index (χ0v) is 12.0. The first kappa shape index (κ1) is 13.3. The Labute approximate surface area is 121 Å². The van der Waals surface area contributed by atoms with E-state index in [-0.39, 0.29) is 17.5 Å². The quantitative estimate of drug-likeness (QED) is 0.792. The third-order valence-electron chi connectivity index (χ3n) is 3.80. The number of ether oxygens (including phenoxy) is 1. The van der Waals surface area contributed by atoms with E-state index in [0.29, 0.717) is 5.56 Å². The molecule has 1 atom stereocenters. The standard InChI is InChI=1S/C16H15FO2S/c1-19-14-9-10(5-6-13(14)17)16(18)12-3-2-4-15-11(12)7-8-20-15/h5-9,12H,2-4H2,1H3. The van der Waals surface area contributed by atoms with Gasteiger partial charge in [0.05, 0.1) is 7.11 Å². The minimum atomic E-state index is -0.441. The van der Waals surface area contributed by atoms with Gasteiger partial charge in [-0.05, 0) is 54.5 Å². The average molecular weight is 290 g/mol. The highest BCUT2D eigenvalue weighted by atomic mass is 32.1. The molecule has 0 bridgehead atoms. The summed E-state index contributed by atoms with van der Waals surface area (Å²) in [6, 6.07) is 6.38. The Morgan fingerprint density at radius 1 is 1.40 bits per heavy atom. The maximum Gasteiger partial charge on any atom is 0.170 e. The molecule has 0 saturated carbocycles. The van der Waals surface area contributed by atoms with E-state index in [0.717, 1.165) is 24.8 Å². The molecule has 0 aliphatic heterocycles. The molecule has 104 valence electrons. The monoisotopic (exact) mass is 290 g/mol. The van der Waals surface area contributed by atoms with Crippen LogP contribution in [0.2, 0.25) is 0 Å². The third-order valence-corrected chi connectivity index (χ3v) is 4.80. The van der Waals surface area contributed by atoms with Crippen molar-refractivity contribution in [2.24, 2.45) is 0 Å². The Kier molecular flexibility index (Phi) is 3.57. The Morgan fingerprint density at radius 3 is 3.05 bits per heavy atom. The number of hydrogen-bond donors (Lipinski definition) is 0. The molecule has 2 aromatic rings. The van der Waals surface area contributed by atoms with E-state index in [4.69, 9.17) is 4.74 Å². The van der Waals surface area contributed by atoms with Crippen LogP contribution in [0.1, 0.15) is 39.6 Å². The van der Waals surface area contributed by atoms with Crippen molar-refractivity contribution in [3.05, 3.63) is 51.5 Å². The third kappa shape index (κ3) is 2.24. The van der Waals surface area contributed by atoms with Crippen molar-refractivity contribution in [2.45, 2.75) is 25.2 Å². The lowest BCUT2D eigenvalue weighted by molar-refractivity contribution is 0.0951. The first-order valence-electron chi connectivity index (χ1n) is 6.64. The second-order valence-corrected chi connectivity index (χ2v) is 5.96. The van der Waals surface area contributed by atoms with E-state index in [1.54, 1.807) is 17.4 Å². The Morgan fingerprint density at radius 2 is 2.25 bits per heavy atom. The molecule has 1 aromatic heterocycles. The van der Waals surface area contributed by atoms with Crippen LogP contribution >= 0.6 is 11.3 Å². The number of fused-ring (bicyclic) bond motifs is 1. The number of rotatable bonds is 3. The molecular formula is C16H15FO2S. The van der Waals surface area contributed by atoms with Crippen molar-refractivity contribution < 1.29 is 13.9 Å². The zero-order chi connectivity index (χ0) is 14.1. The number of halogens is 1. The van der Waals surface area contributed by atoms with E-state index in [1.807, 2.05) is 11.4 Å². The molecule has 20 heavy (non-hydrogen) atoms. The first-order chi connectivity index (χ1) is 9.70. The molecule has 0 amide bonds. The summed E-state index contributed by atoms with van der Waals surface area (Å²) in [5, 5.41) is 2.04. The van der Waals surface area contributed by atoms with Crippen molar-refractivity contribution in [3.63, 3.8) is 0 Å². The minimum Gasteiger partial charge on any atom is -0.494 e. The molecule has 2 nitrogen and oxygen atoms in total.